The predicted molar refractivity (Wildman–Crippen MR) is 156 cm³/mol. The summed E-state index contributed by atoms with van der Waals surface area (Å²) < 4.78 is 47.8. The summed E-state index contributed by atoms with van der Waals surface area (Å²) in [6, 6.07) is 22.3. The van der Waals surface area contributed by atoms with Crippen LogP contribution in [0.5, 0.6) is 5.75 Å². The molecule has 0 fully saturated rings. The molecule has 0 saturated heterocycles. The van der Waals surface area contributed by atoms with Gasteiger partial charge >= 0.3 is 6.18 Å². The van der Waals surface area contributed by atoms with Crippen molar-refractivity contribution < 1.29 is 22.8 Å². The van der Waals surface area contributed by atoms with Crippen molar-refractivity contribution in [2.24, 2.45) is 5.10 Å². The highest BCUT2D eigenvalue weighted by atomic mass is 127. The van der Waals surface area contributed by atoms with E-state index in [1.54, 1.807) is 54.6 Å². The summed E-state index contributed by atoms with van der Waals surface area (Å²) in [6.45, 7) is 0.194. The number of nitro groups is 1. The average Bonchev–Trinajstić information content (AvgIpc) is 2.96. The summed E-state index contributed by atoms with van der Waals surface area (Å²) in [5, 5.41) is 15.4. The number of alkyl halides is 3. The molecule has 41 heavy (non-hydrogen) atoms. The van der Waals surface area contributed by atoms with E-state index in [9.17, 15) is 28.1 Å². The molecule has 1 aromatic heterocycles. The molecule has 0 saturated carbocycles. The Morgan fingerprint density at radius 2 is 1.76 bits per heavy atom. The molecular weight excluding hydrogens is 652 g/mol. The highest BCUT2D eigenvalue weighted by Crippen LogP contribution is 2.32. The van der Waals surface area contributed by atoms with Crippen molar-refractivity contribution in [3.63, 3.8) is 0 Å². The fraction of sp³-hybridized carbons (Fsp3) is 0.0690. The van der Waals surface area contributed by atoms with E-state index in [1.807, 2.05) is 0 Å². The zero-order valence-electron chi connectivity index (χ0n) is 20.9. The third kappa shape index (κ3) is 6.27. The minimum Gasteiger partial charge on any atom is -0.488 e. The number of ether oxygens (including phenoxy) is 1. The molecule has 5 rings (SSSR count). The molecule has 0 spiro atoms. The van der Waals surface area contributed by atoms with Gasteiger partial charge in [0.05, 0.1) is 31.2 Å². The lowest BCUT2D eigenvalue weighted by molar-refractivity contribution is -0.384. The predicted octanol–water partition coefficient (Wildman–Crippen LogP) is 7.06. The SMILES string of the molecule is O=c1c2ccccc2nc(-c2cccc(C(F)(F)F)c2)n1N=Cc1ccc(OCc2ccc([N+](=O)[O-])cc2)c(I)c1. The van der Waals surface area contributed by atoms with Crippen LogP contribution in [0.4, 0.5) is 18.9 Å². The van der Waals surface area contributed by atoms with Crippen molar-refractivity contribution in [3.05, 3.63) is 132 Å². The van der Waals surface area contributed by atoms with Gasteiger partial charge in [-0.3, -0.25) is 14.9 Å². The second-order valence-corrected chi connectivity index (χ2v) is 9.96. The number of benzene rings is 4. The monoisotopic (exact) mass is 670 g/mol. The number of hydrogen-bond donors (Lipinski definition) is 0. The van der Waals surface area contributed by atoms with Crippen LogP contribution in [0.3, 0.4) is 0 Å². The summed E-state index contributed by atoms with van der Waals surface area (Å²) in [5.41, 5.74) is 0.368. The average molecular weight is 670 g/mol. The van der Waals surface area contributed by atoms with Crippen LogP contribution >= 0.6 is 22.6 Å². The maximum atomic E-state index is 13.4. The van der Waals surface area contributed by atoms with Crippen molar-refractivity contribution in [1.82, 2.24) is 9.66 Å². The van der Waals surface area contributed by atoms with Crippen molar-refractivity contribution in [2.45, 2.75) is 12.8 Å². The topological polar surface area (TPSA) is 99.6 Å². The van der Waals surface area contributed by atoms with Gasteiger partial charge in [-0.15, -0.1) is 0 Å². The molecule has 8 nitrogen and oxygen atoms in total. The number of hydrogen-bond acceptors (Lipinski definition) is 6. The Bertz CT molecular complexity index is 1850. The highest BCUT2D eigenvalue weighted by Gasteiger charge is 2.31. The molecule has 0 unspecified atom stereocenters. The molecule has 0 N–H and O–H groups in total. The molecular formula is C29H18F3IN4O4. The second kappa shape index (κ2) is 11.5. The lowest BCUT2D eigenvalue weighted by atomic mass is 10.1. The molecule has 0 aliphatic rings. The first-order valence-electron chi connectivity index (χ1n) is 12.0. The van der Waals surface area contributed by atoms with Crippen molar-refractivity contribution in [2.75, 3.05) is 0 Å². The minimum atomic E-state index is -4.57. The largest absolute Gasteiger partial charge is 0.488 e. The van der Waals surface area contributed by atoms with Gasteiger partial charge in [-0.1, -0.05) is 24.3 Å². The summed E-state index contributed by atoms with van der Waals surface area (Å²) >= 11 is 2.08. The number of aromatic nitrogens is 2. The second-order valence-electron chi connectivity index (χ2n) is 8.79. The van der Waals surface area contributed by atoms with Gasteiger partial charge in [-0.25, -0.2) is 4.98 Å². The van der Waals surface area contributed by atoms with Gasteiger partial charge in [0.2, 0.25) is 0 Å². The van der Waals surface area contributed by atoms with E-state index in [2.05, 4.69) is 32.7 Å². The number of fused-ring (bicyclic) bond motifs is 1. The lowest BCUT2D eigenvalue weighted by Gasteiger charge is -2.12. The molecule has 1 heterocycles. The molecule has 0 aliphatic carbocycles. The number of halogens is 4. The van der Waals surface area contributed by atoms with Crippen LogP contribution in [-0.4, -0.2) is 20.8 Å². The van der Waals surface area contributed by atoms with E-state index in [0.29, 0.717) is 16.8 Å². The molecule has 0 amide bonds. The van der Waals surface area contributed by atoms with Crippen LogP contribution in [0.25, 0.3) is 22.3 Å². The van der Waals surface area contributed by atoms with E-state index in [-0.39, 0.29) is 29.1 Å². The maximum Gasteiger partial charge on any atom is 0.416 e. The Morgan fingerprint density at radius 1 is 1.00 bits per heavy atom. The molecule has 206 valence electrons. The zero-order valence-corrected chi connectivity index (χ0v) is 23.0. The van der Waals surface area contributed by atoms with Crippen LogP contribution in [0.2, 0.25) is 0 Å². The lowest BCUT2D eigenvalue weighted by Crippen LogP contribution is -2.20. The Labute approximate surface area is 244 Å². The van der Waals surface area contributed by atoms with Crippen LogP contribution in [0.15, 0.2) is 101 Å². The first-order valence-corrected chi connectivity index (χ1v) is 13.1. The fourth-order valence-electron chi connectivity index (χ4n) is 3.97. The van der Waals surface area contributed by atoms with Gasteiger partial charge in [0.25, 0.3) is 11.2 Å². The van der Waals surface area contributed by atoms with Gasteiger partial charge < -0.3 is 4.74 Å². The number of nitro benzene ring substituents is 1. The van der Waals surface area contributed by atoms with Gasteiger partial charge in [0.15, 0.2) is 5.82 Å². The zero-order chi connectivity index (χ0) is 29.1. The quantitative estimate of drug-likeness (QED) is 0.0800. The number of nitrogens with zero attached hydrogens (tertiary/aromatic N) is 4. The molecule has 0 atom stereocenters. The first kappa shape index (κ1) is 28.0. The van der Waals surface area contributed by atoms with Crippen LogP contribution in [0.1, 0.15) is 16.7 Å². The number of non-ortho nitro benzene ring substituents is 1. The third-order valence-electron chi connectivity index (χ3n) is 6.02. The third-order valence-corrected chi connectivity index (χ3v) is 6.86. The van der Waals surface area contributed by atoms with E-state index >= 15 is 0 Å². The van der Waals surface area contributed by atoms with Crippen LogP contribution < -0.4 is 10.3 Å². The summed E-state index contributed by atoms with van der Waals surface area (Å²) in [7, 11) is 0. The molecule has 5 aromatic rings. The Morgan fingerprint density at radius 3 is 2.46 bits per heavy atom. The Balaban J connectivity index is 1.45. The van der Waals surface area contributed by atoms with Crippen LogP contribution in [0, 0.1) is 13.7 Å². The summed E-state index contributed by atoms with van der Waals surface area (Å²) in [6.07, 6.45) is -3.16. The van der Waals surface area contributed by atoms with Crippen LogP contribution in [-0.2, 0) is 12.8 Å². The summed E-state index contributed by atoms with van der Waals surface area (Å²) in [5.74, 6) is 0.532. The Kier molecular flexibility index (Phi) is 7.83. The summed E-state index contributed by atoms with van der Waals surface area (Å²) in [4.78, 5) is 28.2. The smallest absolute Gasteiger partial charge is 0.416 e. The molecule has 0 radical (unpaired) electrons. The molecule has 0 bridgehead atoms. The van der Waals surface area contributed by atoms with Gasteiger partial charge in [-0.05, 0) is 88.3 Å². The van der Waals surface area contributed by atoms with Gasteiger partial charge in [-0.2, -0.15) is 22.9 Å². The highest BCUT2D eigenvalue weighted by molar-refractivity contribution is 14.1. The van der Waals surface area contributed by atoms with Gasteiger partial charge in [0, 0.05) is 17.7 Å². The number of para-hydroxylation sites is 1. The molecule has 4 aromatic carbocycles. The minimum absolute atomic E-state index is 0.0103. The van der Waals surface area contributed by atoms with Crippen molar-refractivity contribution in [3.8, 4) is 17.1 Å². The van der Waals surface area contributed by atoms with Crippen molar-refractivity contribution >= 4 is 45.4 Å². The Hall–Kier alpha value is -4.59. The normalized spacial score (nSPS) is 11.7. The maximum absolute atomic E-state index is 13.4. The van der Waals surface area contributed by atoms with E-state index in [1.165, 1.54) is 30.5 Å². The van der Waals surface area contributed by atoms with Crippen molar-refractivity contribution in [1.29, 1.82) is 0 Å². The molecule has 0 aliphatic heterocycles. The number of rotatable bonds is 7. The van der Waals surface area contributed by atoms with Gasteiger partial charge in [0.1, 0.15) is 12.4 Å². The standard InChI is InChI=1S/C29H18F3IN4O4/c30-29(31,32)21-5-3-4-20(15-21)27-35-25-7-2-1-6-23(25)28(38)36(27)34-16-19-10-13-26(24(33)14-19)41-17-18-8-11-22(12-9-18)37(39)40/h1-16H,17H2. The van der Waals surface area contributed by atoms with E-state index in [0.717, 1.165) is 25.9 Å². The fourth-order valence-corrected chi connectivity index (χ4v) is 4.66. The first-order chi connectivity index (χ1) is 19.6. The molecule has 12 heteroatoms. The van der Waals surface area contributed by atoms with E-state index < -0.39 is 22.2 Å². The van der Waals surface area contributed by atoms with E-state index in [4.69, 9.17) is 4.74 Å².